The number of hydrogen-bond acceptors (Lipinski definition) is 6. The van der Waals surface area contributed by atoms with Gasteiger partial charge in [-0.15, -0.1) is 0 Å². The van der Waals surface area contributed by atoms with Crippen LogP contribution in [0.25, 0.3) is 11.3 Å². The summed E-state index contributed by atoms with van der Waals surface area (Å²) in [6, 6.07) is 17.0. The van der Waals surface area contributed by atoms with Crippen molar-refractivity contribution in [1.29, 1.82) is 0 Å². The summed E-state index contributed by atoms with van der Waals surface area (Å²) in [7, 11) is -1.75. The number of nitrogens with one attached hydrogen (secondary N) is 1. The van der Waals surface area contributed by atoms with Gasteiger partial charge in [-0.25, -0.2) is 18.4 Å². The van der Waals surface area contributed by atoms with E-state index in [0.717, 1.165) is 48.4 Å². The Labute approximate surface area is 183 Å². The Hall–Kier alpha value is -3.13. The molecule has 2 aromatic carbocycles. The third-order valence-electron chi connectivity index (χ3n) is 5.44. The second-order valence-electron chi connectivity index (χ2n) is 7.66. The van der Waals surface area contributed by atoms with E-state index in [9.17, 15) is 8.42 Å². The van der Waals surface area contributed by atoms with Crippen molar-refractivity contribution in [3.05, 3.63) is 60.9 Å². The maximum atomic E-state index is 12.5. The van der Waals surface area contributed by atoms with Crippen LogP contribution in [0.4, 0.5) is 17.2 Å². The van der Waals surface area contributed by atoms with Crippen LogP contribution in [0.15, 0.2) is 60.9 Å². The quantitative estimate of drug-likeness (QED) is 0.580. The van der Waals surface area contributed by atoms with Gasteiger partial charge >= 0.3 is 0 Å². The molecule has 4 rings (SSSR count). The monoisotopic (exact) mass is 438 g/mol. The summed E-state index contributed by atoms with van der Waals surface area (Å²) >= 11 is 0. The van der Waals surface area contributed by atoms with E-state index < -0.39 is 10.0 Å². The Morgan fingerprint density at radius 1 is 1.03 bits per heavy atom. The second kappa shape index (κ2) is 8.93. The molecule has 1 heterocycles. The van der Waals surface area contributed by atoms with E-state index in [1.807, 2.05) is 54.6 Å². The number of rotatable bonds is 7. The van der Waals surface area contributed by atoms with E-state index in [0.29, 0.717) is 11.5 Å². The Balaban J connectivity index is 1.62. The molecule has 7 nitrogen and oxygen atoms in total. The van der Waals surface area contributed by atoms with E-state index >= 15 is 0 Å². The highest BCUT2D eigenvalue weighted by Gasteiger charge is 2.29. The van der Waals surface area contributed by atoms with E-state index in [2.05, 4.69) is 15.3 Å². The Bertz CT molecular complexity index is 1160. The van der Waals surface area contributed by atoms with Crippen LogP contribution in [0.5, 0.6) is 5.75 Å². The number of para-hydroxylation sites is 1. The molecule has 0 unspecified atom stereocenters. The molecule has 1 N–H and O–H groups in total. The average molecular weight is 439 g/mol. The first-order valence-electron chi connectivity index (χ1n) is 10.3. The number of benzene rings is 2. The maximum absolute atomic E-state index is 12.5. The van der Waals surface area contributed by atoms with E-state index in [4.69, 9.17) is 4.74 Å². The van der Waals surface area contributed by atoms with Crippen LogP contribution in [-0.2, 0) is 10.0 Å². The summed E-state index contributed by atoms with van der Waals surface area (Å²) < 4.78 is 32.0. The second-order valence-corrected chi connectivity index (χ2v) is 9.52. The lowest BCUT2D eigenvalue weighted by atomic mass is 10.1. The number of nitrogens with zero attached hydrogens (tertiary/aromatic N) is 3. The largest absolute Gasteiger partial charge is 0.496 e. The summed E-state index contributed by atoms with van der Waals surface area (Å²) in [6.45, 7) is 0. The Morgan fingerprint density at radius 2 is 1.81 bits per heavy atom. The lowest BCUT2D eigenvalue weighted by Crippen LogP contribution is -2.38. The lowest BCUT2D eigenvalue weighted by molar-refractivity contribution is 0.416. The van der Waals surface area contributed by atoms with Crippen molar-refractivity contribution < 1.29 is 13.2 Å². The molecule has 31 heavy (non-hydrogen) atoms. The fraction of sp³-hybridized carbons (Fsp3) is 0.304. The van der Waals surface area contributed by atoms with Gasteiger partial charge in [-0.1, -0.05) is 31.0 Å². The Morgan fingerprint density at radius 3 is 2.55 bits per heavy atom. The molecule has 162 valence electrons. The van der Waals surface area contributed by atoms with Crippen molar-refractivity contribution in [3.8, 4) is 17.0 Å². The summed E-state index contributed by atoms with van der Waals surface area (Å²) in [6.07, 6.45) is 6.66. The van der Waals surface area contributed by atoms with Crippen molar-refractivity contribution in [1.82, 2.24) is 9.97 Å². The van der Waals surface area contributed by atoms with Gasteiger partial charge in [-0.05, 0) is 43.2 Å². The predicted molar refractivity (Wildman–Crippen MR) is 123 cm³/mol. The lowest BCUT2D eigenvalue weighted by Gasteiger charge is -2.29. The zero-order valence-electron chi connectivity index (χ0n) is 17.7. The molecule has 0 amide bonds. The fourth-order valence-corrected chi connectivity index (χ4v) is 5.36. The summed E-state index contributed by atoms with van der Waals surface area (Å²) in [5.74, 6) is 1.34. The third kappa shape index (κ3) is 4.80. The number of hydrogen-bond donors (Lipinski definition) is 1. The third-order valence-corrected chi connectivity index (χ3v) is 6.66. The standard InChI is InChI=1S/C23H26N4O3S/c1-30-22-13-6-5-12-20(22)21-15-23(25-16-24-21)26-17-8-7-11-19(14-17)27(31(2,28)29)18-9-3-4-10-18/h5-8,11-16,18H,3-4,9-10H2,1-2H3,(H,24,25,26). The van der Waals surface area contributed by atoms with Gasteiger partial charge in [0, 0.05) is 23.4 Å². The van der Waals surface area contributed by atoms with Crippen LogP contribution in [0.3, 0.4) is 0 Å². The molecule has 1 aromatic heterocycles. The number of anilines is 3. The summed E-state index contributed by atoms with van der Waals surface area (Å²) in [4.78, 5) is 8.69. The molecule has 0 saturated heterocycles. The van der Waals surface area contributed by atoms with Crippen molar-refractivity contribution in [2.75, 3.05) is 23.0 Å². The van der Waals surface area contributed by atoms with Gasteiger partial charge < -0.3 is 10.1 Å². The number of ether oxygens (including phenoxy) is 1. The van der Waals surface area contributed by atoms with Crippen molar-refractivity contribution >= 4 is 27.2 Å². The minimum atomic E-state index is -3.38. The van der Waals surface area contributed by atoms with Gasteiger partial charge in [0.05, 0.1) is 24.7 Å². The van der Waals surface area contributed by atoms with Gasteiger partial charge in [-0.2, -0.15) is 0 Å². The van der Waals surface area contributed by atoms with Gasteiger partial charge in [0.15, 0.2) is 0 Å². The molecule has 0 atom stereocenters. The van der Waals surface area contributed by atoms with E-state index in [1.165, 1.54) is 12.6 Å². The summed E-state index contributed by atoms with van der Waals surface area (Å²) in [5, 5.41) is 3.28. The molecular formula is C23H26N4O3S. The molecule has 0 aliphatic heterocycles. The van der Waals surface area contributed by atoms with Gasteiger partial charge in [-0.3, -0.25) is 4.31 Å². The first-order valence-corrected chi connectivity index (χ1v) is 12.1. The van der Waals surface area contributed by atoms with E-state index in [-0.39, 0.29) is 6.04 Å². The van der Waals surface area contributed by atoms with Crippen LogP contribution < -0.4 is 14.4 Å². The van der Waals surface area contributed by atoms with Crippen molar-refractivity contribution in [2.24, 2.45) is 0 Å². The number of aromatic nitrogens is 2. The SMILES string of the molecule is COc1ccccc1-c1cc(Nc2cccc(N(C3CCCC3)S(C)(=O)=O)c2)ncn1. The number of sulfonamides is 1. The Kier molecular flexibility index (Phi) is 6.08. The topological polar surface area (TPSA) is 84.4 Å². The molecule has 8 heteroatoms. The van der Waals surface area contributed by atoms with Crippen molar-refractivity contribution in [2.45, 2.75) is 31.7 Å². The van der Waals surface area contributed by atoms with Gasteiger partial charge in [0.2, 0.25) is 10.0 Å². The van der Waals surface area contributed by atoms with Gasteiger partial charge in [0.1, 0.15) is 17.9 Å². The van der Waals surface area contributed by atoms with Crippen LogP contribution >= 0.6 is 0 Å². The zero-order valence-corrected chi connectivity index (χ0v) is 18.5. The smallest absolute Gasteiger partial charge is 0.232 e. The minimum absolute atomic E-state index is 0.0152. The maximum Gasteiger partial charge on any atom is 0.232 e. The first-order chi connectivity index (χ1) is 15.0. The normalized spacial score (nSPS) is 14.4. The van der Waals surface area contributed by atoms with Crippen molar-refractivity contribution in [3.63, 3.8) is 0 Å². The first kappa shape index (κ1) is 21.1. The molecular weight excluding hydrogens is 412 g/mol. The fourth-order valence-electron chi connectivity index (χ4n) is 4.11. The van der Waals surface area contributed by atoms with Crippen LogP contribution in [0.1, 0.15) is 25.7 Å². The zero-order chi connectivity index (χ0) is 21.8. The van der Waals surface area contributed by atoms with Gasteiger partial charge in [0.25, 0.3) is 0 Å². The van der Waals surface area contributed by atoms with E-state index in [1.54, 1.807) is 11.4 Å². The van der Waals surface area contributed by atoms with Crippen LogP contribution in [0.2, 0.25) is 0 Å². The van der Waals surface area contributed by atoms with Crippen LogP contribution in [0, 0.1) is 0 Å². The minimum Gasteiger partial charge on any atom is -0.496 e. The number of methoxy groups -OCH3 is 1. The molecule has 1 aliphatic rings. The molecule has 1 fully saturated rings. The highest BCUT2D eigenvalue weighted by molar-refractivity contribution is 7.92. The van der Waals surface area contributed by atoms with Crippen LogP contribution in [-0.4, -0.2) is 37.8 Å². The molecule has 1 saturated carbocycles. The molecule has 0 bridgehead atoms. The predicted octanol–water partition coefficient (Wildman–Crippen LogP) is 4.60. The summed E-state index contributed by atoms with van der Waals surface area (Å²) in [5.41, 5.74) is 3.02. The molecule has 0 spiro atoms. The molecule has 3 aromatic rings. The average Bonchev–Trinajstić information content (AvgIpc) is 3.27. The molecule has 1 aliphatic carbocycles. The molecule has 0 radical (unpaired) electrons. The highest BCUT2D eigenvalue weighted by atomic mass is 32.2. The highest BCUT2D eigenvalue weighted by Crippen LogP contribution is 2.33.